The number of hydrogen-bond acceptors (Lipinski definition) is 2. The number of ether oxygens (including phenoxy) is 1. The molecule has 0 aliphatic heterocycles. The minimum absolute atomic E-state index is 0.211. The van der Waals surface area contributed by atoms with Crippen LogP contribution < -0.4 is 4.74 Å². The number of fused-ring (bicyclic) bond motifs is 1. The quantitative estimate of drug-likeness (QED) is 0.730. The fourth-order valence-corrected chi connectivity index (χ4v) is 2.56. The van der Waals surface area contributed by atoms with Crippen molar-refractivity contribution >= 4 is 33.7 Å². The monoisotopic (exact) mass is 265 g/mol. The number of thiophene rings is 1. The highest BCUT2D eigenvalue weighted by atomic mass is 35.5. The maximum absolute atomic E-state index is 12.0. The van der Waals surface area contributed by atoms with E-state index in [1.807, 2.05) is 0 Å². The highest BCUT2D eigenvalue weighted by Crippen LogP contribution is 2.36. The lowest BCUT2D eigenvalue weighted by Gasteiger charge is -2.09. The molecule has 2 aromatic rings. The zero-order valence-electron chi connectivity index (χ0n) is 7.77. The van der Waals surface area contributed by atoms with Gasteiger partial charge in [0.05, 0.1) is 5.02 Å². The van der Waals surface area contributed by atoms with Crippen molar-refractivity contribution in [2.45, 2.75) is 6.36 Å². The molecule has 6 heteroatoms. The highest BCUT2D eigenvalue weighted by molar-refractivity contribution is 7.11. The Balaban J connectivity index is 2.51. The molecule has 1 radical (unpaired) electrons. The molecular weight excluding hydrogens is 261 g/mol. The molecule has 0 amide bonds. The van der Waals surface area contributed by atoms with Crippen molar-refractivity contribution in [3.63, 3.8) is 0 Å². The first kappa shape index (κ1) is 11.5. The molecule has 1 aromatic carbocycles. The third kappa shape index (κ3) is 2.25. The van der Waals surface area contributed by atoms with Gasteiger partial charge >= 0.3 is 6.36 Å². The molecule has 1 aromatic heterocycles. The number of halogens is 4. The van der Waals surface area contributed by atoms with Crippen LogP contribution in [0.3, 0.4) is 0 Å². The molecule has 2 rings (SSSR count). The lowest BCUT2D eigenvalue weighted by molar-refractivity contribution is -0.274. The van der Waals surface area contributed by atoms with Gasteiger partial charge in [0, 0.05) is 10.3 Å². The summed E-state index contributed by atoms with van der Waals surface area (Å²) >= 11 is 7.18. The van der Waals surface area contributed by atoms with Crippen molar-refractivity contribution in [1.82, 2.24) is 0 Å². The van der Waals surface area contributed by atoms with Gasteiger partial charge in [-0.15, -0.1) is 24.5 Å². The Bertz CT molecular complexity index is 533. The van der Waals surface area contributed by atoms with Crippen molar-refractivity contribution in [2.75, 3.05) is 0 Å². The molecule has 85 valence electrons. The smallest absolute Gasteiger partial charge is 0.406 e. The van der Waals surface area contributed by atoms with Crippen LogP contribution in [0.15, 0.2) is 17.5 Å². The van der Waals surface area contributed by atoms with Crippen LogP contribution in [0.1, 0.15) is 4.88 Å². The van der Waals surface area contributed by atoms with E-state index in [2.05, 4.69) is 11.7 Å². The van der Waals surface area contributed by atoms with E-state index in [0.717, 1.165) is 10.9 Å². The minimum Gasteiger partial charge on any atom is -0.406 e. The van der Waals surface area contributed by atoms with E-state index in [9.17, 15) is 13.2 Å². The zero-order valence-corrected chi connectivity index (χ0v) is 9.34. The molecule has 0 fully saturated rings. The standard InChI is InChI=1S/C10H5ClF3OS/c1-5-9-6(4-16-5)2-7(3-8(9)11)15-10(12,13)14/h2-4H,1H2. The molecule has 1 heterocycles. The summed E-state index contributed by atoms with van der Waals surface area (Å²) in [7, 11) is 0. The van der Waals surface area contributed by atoms with Gasteiger partial charge in [0.1, 0.15) is 5.75 Å². The highest BCUT2D eigenvalue weighted by Gasteiger charge is 2.31. The van der Waals surface area contributed by atoms with Crippen molar-refractivity contribution in [3.05, 3.63) is 34.3 Å². The summed E-state index contributed by atoms with van der Waals surface area (Å²) in [6.45, 7) is 3.74. The largest absolute Gasteiger partial charge is 0.573 e. The lowest BCUT2D eigenvalue weighted by atomic mass is 10.2. The first-order valence-electron chi connectivity index (χ1n) is 4.15. The molecule has 0 atom stereocenters. The minimum atomic E-state index is -4.71. The summed E-state index contributed by atoms with van der Waals surface area (Å²) in [5, 5.41) is 3.17. The molecule has 16 heavy (non-hydrogen) atoms. The molecule has 0 N–H and O–H groups in total. The van der Waals surface area contributed by atoms with E-state index in [-0.39, 0.29) is 10.8 Å². The van der Waals surface area contributed by atoms with E-state index in [0.29, 0.717) is 10.8 Å². The summed E-state index contributed by atoms with van der Waals surface area (Å²) in [5.41, 5.74) is 0. The molecule has 1 nitrogen and oxygen atoms in total. The Kier molecular flexibility index (Phi) is 2.75. The first-order chi connectivity index (χ1) is 7.37. The Morgan fingerprint density at radius 3 is 2.62 bits per heavy atom. The molecule has 0 saturated carbocycles. The van der Waals surface area contributed by atoms with E-state index < -0.39 is 6.36 Å². The third-order valence-electron chi connectivity index (χ3n) is 1.93. The second-order valence-electron chi connectivity index (χ2n) is 3.08. The Morgan fingerprint density at radius 1 is 1.31 bits per heavy atom. The average Bonchev–Trinajstić information content (AvgIpc) is 2.44. The van der Waals surface area contributed by atoms with Crippen LogP contribution in [0.4, 0.5) is 13.2 Å². The maximum atomic E-state index is 12.0. The van der Waals surface area contributed by atoms with Crippen LogP contribution in [0.25, 0.3) is 10.8 Å². The molecule has 0 saturated heterocycles. The van der Waals surface area contributed by atoms with Crippen LogP contribution in [0.5, 0.6) is 5.75 Å². The van der Waals surface area contributed by atoms with Crippen molar-refractivity contribution in [2.24, 2.45) is 0 Å². The number of rotatable bonds is 1. The Morgan fingerprint density at radius 2 is 2.00 bits per heavy atom. The van der Waals surface area contributed by atoms with Crippen molar-refractivity contribution in [1.29, 1.82) is 0 Å². The SMILES string of the molecule is [CH2]c1scc2cc(OC(F)(F)F)cc(Cl)c12. The molecule has 0 bridgehead atoms. The lowest BCUT2D eigenvalue weighted by Crippen LogP contribution is -2.17. The molecule has 0 aliphatic rings. The molecule has 0 spiro atoms. The number of benzene rings is 1. The summed E-state index contributed by atoms with van der Waals surface area (Å²) < 4.78 is 39.8. The van der Waals surface area contributed by atoms with Gasteiger partial charge in [-0.1, -0.05) is 11.6 Å². The van der Waals surface area contributed by atoms with Gasteiger partial charge in [0.25, 0.3) is 0 Å². The molecule has 0 unspecified atom stereocenters. The van der Waals surface area contributed by atoms with E-state index in [4.69, 9.17) is 11.6 Å². The fourth-order valence-electron chi connectivity index (χ4n) is 1.38. The predicted octanol–water partition coefficient (Wildman–Crippen LogP) is 4.64. The van der Waals surface area contributed by atoms with Crippen molar-refractivity contribution < 1.29 is 17.9 Å². The van der Waals surface area contributed by atoms with Gasteiger partial charge < -0.3 is 4.74 Å². The van der Waals surface area contributed by atoms with Gasteiger partial charge in [-0.3, -0.25) is 0 Å². The second-order valence-corrected chi connectivity index (χ2v) is 4.45. The third-order valence-corrected chi connectivity index (χ3v) is 3.09. The van der Waals surface area contributed by atoms with Gasteiger partial charge in [0.2, 0.25) is 0 Å². The van der Waals surface area contributed by atoms with Gasteiger partial charge in [-0.2, -0.15) is 0 Å². The second kappa shape index (κ2) is 3.82. The van der Waals surface area contributed by atoms with Crippen LogP contribution in [0, 0.1) is 6.92 Å². The van der Waals surface area contributed by atoms with Gasteiger partial charge in [0.15, 0.2) is 0 Å². The fraction of sp³-hybridized carbons (Fsp3) is 0.100. The Labute approximate surface area is 98.4 Å². The zero-order chi connectivity index (χ0) is 11.9. The first-order valence-corrected chi connectivity index (χ1v) is 5.41. The topological polar surface area (TPSA) is 9.23 Å². The predicted molar refractivity (Wildman–Crippen MR) is 58.0 cm³/mol. The Hall–Kier alpha value is -0.940. The number of hydrogen-bond donors (Lipinski definition) is 0. The normalized spacial score (nSPS) is 12.1. The van der Waals surface area contributed by atoms with E-state index in [1.165, 1.54) is 17.4 Å². The molecule has 0 aliphatic carbocycles. The maximum Gasteiger partial charge on any atom is 0.573 e. The number of alkyl halides is 3. The summed E-state index contributed by atoms with van der Waals surface area (Å²) in [5.74, 6) is -0.317. The average molecular weight is 266 g/mol. The van der Waals surface area contributed by atoms with Crippen LogP contribution in [-0.2, 0) is 0 Å². The van der Waals surface area contributed by atoms with Crippen molar-refractivity contribution in [3.8, 4) is 5.75 Å². The van der Waals surface area contributed by atoms with E-state index >= 15 is 0 Å². The van der Waals surface area contributed by atoms with Gasteiger partial charge in [-0.05, 0) is 29.8 Å². The van der Waals surface area contributed by atoms with Crippen LogP contribution in [0.2, 0.25) is 5.02 Å². The summed E-state index contributed by atoms with van der Waals surface area (Å²) in [4.78, 5) is 0.721. The van der Waals surface area contributed by atoms with Gasteiger partial charge in [-0.25, -0.2) is 0 Å². The van der Waals surface area contributed by atoms with E-state index in [1.54, 1.807) is 5.38 Å². The van der Waals surface area contributed by atoms with Crippen LogP contribution >= 0.6 is 22.9 Å². The van der Waals surface area contributed by atoms with Crippen LogP contribution in [-0.4, -0.2) is 6.36 Å². The summed E-state index contributed by atoms with van der Waals surface area (Å²) in [6.07, 6.45) is -4.71. The molecular formula is C10H5ClF3OS. The summed E-state index contributed by atoms with van der Waals surface area (Å²) in [6, 6.07) is 2.43.